The minimum absolute atomic E-state index is 0.0901. The number of halogens is 1. The standard InChI is InChI=1S/C21H22FN3O2/c1-15-5-2-3-6-17(15)21(26)25-10-4-9-24(11-12-25)14-20-23-18-8-7-16(22)13-19(18)27-20/h2-3,5-8,13H,4,9-12,14H2,1H3. The predicted molar refractivity (Wildman–Crippen MR) is 101 cm³/mol. The Hall–Kier alpha value is -2.73. The number of rotatable bonds is 3. The van der Waals surface area contributed by atoms with Crippen LogP contribution >= 0.6 is 0 Å². The molecule has 2 aromatic carbocycles. The fourth-order valence-corrected chi connectivity index (χ4v) is 3.52. The smallest absolute Gasteiger partial charge is 0.254 e. The van der Waals surface area contributed by atoms with Gasteiger partial charge in [-0.2, -0.15) is 0 Å². The highest BCUT2D eigenvalue weighted by molar-refractivity contribution is 5.95. The summed E-state index contributed by atoms with van der Waals surface area (Å²) in [5.41, 5.74) is 2.91. The molecular weight excluding hydrogens is 345 g/mol. The summed E-state index contributed by atoms with van der Waals surface area (Å²) in [4.78, 5) is 21.4. The second-order valence-electron chi connectivity index (χ2n) is 6.96. The van der Waals surface area contributed by atoms with Crippen molar-refractivity contribution in [2.75, 3.05) is 26.2 Å². The number of fused-ring (bicyclic) bond motifs is 1. The van der Waals surface area contributed by atoms with Crippen molar-refractivity contribution in [2.24, 2.45) is 0 Å². The van der Waals surface area contributed by atoms with E-state index in [2.05, 4.69) is 9.88 Å². The molecule has 1 amide bonds. The third-order valence-corrected chi connectivity index (χ3v) is 5.00. The summed E-state index contributed by atoms with van der Waals surface area (Å²) < 4.78 is 19.0. The fourth-order valence-electron chi connectivity index (χ4n) is 3.52. The number of aromatic nitrogens is 1. The van der Waals surface area contributed by atoms with Crippen molar-refractivity contribution in [3.63, 3.8) is 0 Å². The number of benzene rings is 2. The summed E-state index contributed by atoms with van der Waals surface area (Å²) in [7, 11) is 0. The van der Waals surface area contributed by atoms with Gasteiger partial charge in [0, 0.05) is 37.8 Å². The molecule has 1 aromatic heterocycles. The molecule has 27 heavy (non-hydrogen) atoms. The van der Waals surface area contributed by atoms with Gasteiger partial charge in [-0.25, -0.2) is 9.37 Å². The molecule has 5 nitrogen and oxygen atoms in total. The molecular formula is C21H22FN3O2. The second-order valence-corrected chi connectivity index (χ2v) is 6.96. The molecule has 0 bridgehead atoms. The number of carbonyl (C=O) groups excluding carboxylic acids is 1. The Balaban J connectivity index is 1.42. The Kier molecular flexibility index (Phi) is 4.90. The monoisotopic (exact) mass is 367 g/mol. The van der Waals surface area contributed by atoms with E-state index in [4.69, 9.17) is 4.42 Å². The number of nitrogens with zero attached hydrogens (tertiary/aromatic N) is 3. The van der Waals surface area contributed by atoms with Crippen LogP contribution in [0.5, 0.6) is 0 Å². The first-order valence-corrected chi connectivity index (χ1v) is 9.22. The number of oxazole rings is 1. The van der Waals surface area contributed by atoms with Crippen molar-refractivity contribution >= 4 is 17.0 Å². The molecule has 6 heteroatoms. The van der Waals surface area contributed by atoms with Crippen LogP contribution in [0.2, 0.25) is 0 Å². The van der Waals surface area contributed by atoms with E-state index < -0.39 is 0 Å². The lowest BCUT2D eigenvalue weighted by Gasteiger charge is -2.22. The van der Waals surface area contributed by atoms with Gasteiger partial charge in [-0.15, -0.1) is 0 Å². The van der Waals surface area contributed by atoms with Crippen LogP contribution < -0.4 is 0 Å². The molecule has 0 saturated carbocycles. The number of carbonyl (C=O) groups is 1. The molecule has 0 atom stereocenters. The summed E-state index contributed by atoms with van der Waals surface area (Å²) in [6.07, 6.45) is 0.895. The molecule has 4 rings (SSSR count). The summed E-state index contributed by atoms with van der Waals surface area (Å²) in [5, 5.41) is 0. The molecule has 2 heterocycles. The maximum Gasteiger partial charge on any atom is 0.254 e. The Labute approximate surface area is 157 Å². The third kappa shape index (κ3) is 3.85. The molecule has 0 N–H and O–H groups in total. The molecule has 0 radical (unpaired) electrons. The maximum atomic E-state index is 13.3. The van der Waals surface area contributed by atoms with Gasteiger partial charge in [0.1, 0.15) is 11.3 Å². The van der Waals surface area contributed by atoms with Crippen LogP contribution in [0.15, 0.2) is 46.9 Å². The van der Waals surface area contributed by atoms with E-state index in [1.165, 1.54) is 12.1 Å². The van der Waals surface area contributed by atoms with E-state index >= 15 is 0 Å². The van der Waals surface area contributed by atoms with Gasteiger partial charge in [-0.3, -0.25) is 9.69 Å². The van der Waals surface area contributed by atoms with Crippen molar-refractivity contribution in [2.45, 2.75) is 19.9 Å². The minimum atomic E-state index is -0.328. The lowest BCUT2D eigenvalue weighted by Crippen LogP contribution is -2.35. The molecule has 1 fully saturated rings. The van der Waals surface area contributed by atoms with Crippen molar-refractivity contribution in [1.29, 1.82) is 0 Å². The number of aryl methyl sites for hydroxylation is 1. The highest BCUT2D eigenvalue weighted by atomic mass is 19.1. The molecule has 1 aliphatic rings. The SMILES string of the molecule is Cc1ccccc1C(=O)N1CCCN(Cc2nc3ccc(F)cc3o2)CC1. The summed E-state index contributed by atoms with van der Waals surface area (Å²) in [6, 6.07) is 12.1. The number of hydrogen-bond acceptors (Lipinski definition) is 4. The van der Waals surface area contributed by atoms with Gasteiger partial charge in [-0.05, 0) is 37.1 Å². The van der Waals surface area contributed by atoms with Gasteiger partial charge in [0.25, 0.3) is 5.91 Å². The zero-order valence-electron chi connectivity index (χ0n) is 15.3. The lowest BCUT2D eigenvalue weighted by atomic mass is 10.1. The van der Waals surface area contributed by atoms with Crippen LogP contribution in [-0.4, -0.2) is 46.9 Å². The lowest BCUT2D eigenvalue weighted by molar-refractivity contribution is 0.0760. The van der Waals surface area contributed by atoms with Crippen LogP contribution in [0.1, 0.15) is 28.2 Å². The van der Waals surface area contributed by atoms with Crippen LogP contribution in [0.25, 0.3) is 11.1 Å². The Morgan fingerprint density at radius 1 is 1.15 bits per heavy atom. The first-order valence-electron chi connectivity index (χ1n) is 9.22. The van der Waals surface area contributed by atoms with Crippen molar-refractivity contribution < 1.29 is 13.6 Å². The quantitative estimate of drug-likeness (QED) is 0.709. The van der Waals surface area contributed by atoms with E-state index in [0.717, 1.165) is 37.2 Å². The second kappa shape index (κ2) is 7.48. The van der Waals surface area contributed by atoms with Gasteiger partial charge < -0.3 is 9.32 Å². The number of hydrogen-bond donors (Lipinski definition) is 0. The number of amides is 1. The maximum absolute atomic E-state index is 13.3. The predicted octanol–water partition coefficient (Wildman–Crippen LogP) is 3.62. The average Bonchev–Trinajstić information content (AvgIpc) is 2.89. The Bertz CT molecular complexity index is 969. The van der Waals surface area contributed by atoms with Crippen LogP contribution in [0.3, 0.4) is 0 Å². The van der Waals surface area contributed by atoms with Crippen molar-refractivity contribution in [1.82, 2.24) is 14.8 Å². The molecule has 3 aromatic rings. The van der Waals surface area contributed by atoms with E-state index in [9.17, 15) is 9.18 Å². The van der Waals surface area contributed by atoms with Gasteiger partial charge in [0.15, 0.2) is 5.58 Å². The van der Waals surface area contributed by atoms with Crippen LogP contribution in [-0.2, 0) is 6.54 Å². The van der Waals surface area contributed by atoms with Gasteiger partial charge in [0.2, 0.25) is 5.89 Å². The molecule has 0 unspecified atom stereocenters. The highest BCUT2D eigenvalue weighted by Gasteiger charge is 2.22. The first-order chi connectivity index (χ1) is 13.1. The van der Waals surface area contributed by atoms with Gasteiger partial charge in [0.05, 0.1) is 6.54 Å². The summed E-state index contributed by atoms with van der Waals surface area (Å²) >= 11 is 0. The normalized spacial score (nSPS) is 15.9. The van der Waals surface area contributed by atoms with Gasteiger partial charge >= 0.3 is 0 Å². The van der Waals surface area contributed by atoms with Crippen molar-refractivity contribution in [3.05, 3.63) is 65.3 Å². The third-order valence-electron chi connectivity index (χ3n) is 5.00. The molecule has 140 valence electrons. The molecule has 0 spiro atoms. The summed E-state index contributed by atoms with van der Waals surface area (Å²) in [6.45, 7) is 5.55. The summed E-state index contributed by atoms with van der Waals surface area (Å²) in [5.74, 6) is 0.340. The Morgan fingerprint density at radius 2 is 2.00 bits per heavy atom. The van der Waals surface area contributed by atoms with Crippen molar-refractivity contribution in [3.8, 4) is 0 Å². The zero-order chi connectivity index (χ0) is 18.8. The zero-order valence-corrected chi connectivity index (χ0v) is 15.3. The average molecular weight is 367 g/mol. The molecule has 0 aliphatic carbocycles. The minimum Gasteiger partial charge on any atom is -0.439 e. The van der Waals surface area contributed by atoms with E-state index in [1.807, 2.05) is 36.1 Å². The fraction of sp³-hybridized carbons (Fsp3) is 0.333. The molecule has 1 saturated heterocycles. The topological polar surface area (TPSA) is 49.6 Å². The van der Waals surface area contributed by atoms with E-state index in [1.54, 1.807) is 6.07 Å². The first kappa shape index (κ1) is 17.7. The Morgan fingerprint density at radius 3 is 2.85 bits per heavy atom. The van der Waals surface area contributed by atoms with E-state index in [0.29, 0.717) is 30.1 Å². The van der Waals surface area contributed by atoms with E-state index in [-0.39, 0.29) is 11.7 Å². The van der Waals surface area contributed by atoms with Crippen LogP contribution in [0.4, 0.5) is 4.39 Å². The molecule has 1 aliphatic heterocycles. The van der Waals surface area contributed by atoms with Crippen LogP contribution in [0, 0.1) is 12.7 Å². The highest BCUT2D eigenvalue weighted by Crippen LogP contribution is 2.19. The van der Waals surface area contributed by atoms with Gasteiger partial charge in [-0.1, -0.05) is 18.2 Å². The largest absolute Gasteiger partial charge is 0.439 e.